The van der Waals surface area contributed by atoms with Crippen LogP contribution >= 0.6 is 12.2 Å². The Morgan fingerprint density at radius 1 is 1.29 bits per heavy atom. The Labute approximate surface area is 107 Å². The number of fused-ring (bicyclic) bond motifs is 1. The van der Waals surface area contributed by atoms with Crippen LogP contribution in [0.25, 0.3) is 10.9 Å². The third-order valence-electron chi connectivity index (χ3n) is 2.89. The van der Waals surface area contributed by atoms with Gasteiger partial charge in [-0.25, -0.2) is 0 Å². The lowest BCUT2D eigenvalue weighted by Crippen LogP contribution is -2.11. The first-order valence-electron chi connectivity index (χ1n) is 5.70. The molecule has 1 aromatic carbocycles. The minimum atomic E-state index is 0.432. The number of rotatable bonds is 2. The molecule has 0 radical (unpaired) electrons. The van der Waals surface area contributed by atoms with Crippen LogP contribution in [0.3, 0.4) is 0 Å². The average molecular weight is 244 g/mol. The van der Waals surface area contributed by atoms with Crippen LogP contribution in [0.4, 0.5) is 0 Å². The van der Waals surface area contributed by atoms with Gasteiger partial charge in [0.25, 0.3) is 0 Å². The molecular formula is C14H16N2S. The number of aryl methyl sites for hydroxylation is 1. The number of thiocarbonyl (C=S) groups is 1. The predicted octanol–water partition coefficient (Wildman–Crippen LogP) is 3.30. The summed E-state index contributed by atoms with van der Waals surface area (Å²) in [6.45, 7) is 6.30. The van der Waals surface area contributed by atoms with Gasteiger partial charge in [0, 0.05) is 16.6 Å². The van der Waals surface area contributed by atoms with E-state index < -0.39 is 0 Å². The molecule has 17 heavy (non-hydrogen) atoms. The summed E-state index contributed by atoms with van der Waals surface area (Å²) in [5, 5.41) is 1.05. The van der Waals surface area contributed by atoms with Gasteiger partial charge >= 0.3 is 0 Å². The molecule has 0 aliphatic carbocycles. The normalized spacial score (nSPS) is 11.1. The van der Waals surface area contributed by atoms with E-state index in [9.17, 15) is 0 Å². The largest absolute Gasteiger partial charge is 0.389 e. The van der Waals surface area contributed by atoms with E-state index in [1.165, 1.54) is 5.56 Å². The third-order valence-corrected chi connectivity index (χ3v) is 3.11. The SMILES string of the molecule is Cc1cc(C(N)=S)c2cc(C(C)C)ccc2n1. The van der Waals surface area contributed by atoms with Crippen LogP contribution in [0.5, 0.6) is 0 Å². The molecule has 0 saturated heterocycles. The predicted molar refractivity (Wildman–Crippen MR) is 76.5 cm³/mol. The Bertz CT molecular complexity index is 588. The van der Waals surface area contributed by atoms with Crippen molar-refractivity contribution in [3.8, 4) is 0 Å². The van der Waals surface area contributed by atoms with E-state index in [2.05, 4.69) is 31.0 Å². The Morgan fingerprint density at radius 2 is 2.00 bits per heavy atom. The van der Waals surface area contributed by atoms with Crippen molar-refractivity contribution >= 4 is 28.1 Å². The molecule has 1 aromatic heterocycles. The third kappa shape index (κ3) is 2.29. The Morgan fingerprint density at radius 3 is 2.59 bits per heavy atom. The summed E-state index contributed by atoms with van der Waals surface area (Å²) in [4.78, 5) is 4.94. The summed E-state index contributed by atoms with van der Waals surface area (Å²) in [5.41, 5.74) is 9.88. The van der Waals surface area contributed by atoms with Crippen molar-refractivity contribution in [3.63, 3.8) is 0 Å². The lowest BCUT2D eigenvalue weighted by molar-refractivity contribution is 0.868. The van der Waals surface area contributed by atoms with Gasteiger partial charge in [-0.3, -0.25) is 4.98 Å². The zero-order valence-electron chi connectivity index (χ0n) is 10.3. The van der Waals surface area contributed by atoms with E-state index in [0.717, 1.165) is 22.2 Å². The molecule has 0 unspecified atom stereocenters. The van der Waals surface area contributed by atoms with Gasteiger partial charge in [0.2, 0.25) is 0 Å². The summed E-state index contributed by atoms with van der Waals surface area (Å²) in [5.74, 6) is 0.486. The lowest BCUT2D eigenvalue weighted by atomic mass is 9.98. The Hall–Kier alpha value is -1.48. The van der Waals surface area contributed by atoms with Gasteiger partial charge < -0.3 is 5.73 Å². The topological polar surface area (TPSA) is 38.9 Å². The molecule has 2 N–H and O–H groups in total. The quantitative estimate of drug-likeness (QED) is 0.824. The fraction of sp³-hybridized carbons (Fsp3) is 0.286. The highest BCUT2D eigenvalue weighted by molar-refractivity contribution is 7.80. The van der Waals surface area contributed by atoms with Crippen molar-refractivity contribution in [2.24, 2.45) is 5.73 Å². The maximum atomic E-state index is 5.78. The van der Waals surface area contributed by atoms with E-state index in [0.29, 0.717) is 10.9 Å². The summed E-state index contributed by atoms with van der Waals surface area (Å²) < 4.78 is 0. The van der Waals surface area contributed by atoms with Crippen LogP contribution in [-0.4, -0.2) is 9.97 Å². The van der Waals surface area contributed by atoms with Crippen LogP contribution in [0, 0.1) is 6.92 Å². The maximum Gasteiger partial charge on any atom is 0.104 e. The molecule has 1 heterocycles. The Kier molecular flexibility index (Phi) is 3.11. The monoisotopic (exact) mass is 244 g/mol. The number of aromatic nitrogens is 1. The van der Waals surface area contributed by atoms with Gasteiger partial charge in [-0.1, -0.05) is 32.1 Å². The van der Waals surface area contributed by atoms with Gasteiger partial charge in [0.15, 0.2) is 0 Å². The van der Waals surface area contributed by atoms with Crippen molar-refractivity contribution in [1.82, 2.24) is 4.98 Å². The summed E-state index contributed by atoms with van der Waals surface area (Å²) in [6.07, 6.45) is 0. The fourth-order valence-electron chi connectivity index (χ4n) is 1.94. The van der Waals surface area contributed by atoms with E-state index in [1.54, 1.807) is 0 Å². The number of nitrogens with zero attached hydrogens (tertiary/aromatic N) is 1. The second-order valence-corrected chi connectivity index (χ2v) is 5.05. The molecule has 0 fully saturated rings. The molecule has 0 spiro atoms. The maximum absolute atomic E-state index is 5.78. The fourth-order valence-corrected chi connectivity index (χ4v) is 2.11. The first-order chi connectivity index (χ1) is 7.99. The van der Waals surface area contributed by atoms with Crippen molar-refractivity contribution in [2.45, 2.75) is 26.7 Å². The van der Waals surface area contributed by atoms with Gasteiger partial charge in [0.05, 0.1) is 5.52 Å². The van der Waals surface area contributed by atoms with E-state index in [1.807, 2.05) is 19.1 Å². The number of pyridine rings is 1. The molecule has 0 bridgehead atoms. The van der Waals surface area contributed by atoms with Gasteiger partial charge in [0.1, 0.15) is 4.99 Å². The van der Waals surface area contributed by atoms with Crippen molar-refractivity contribution in [2.75, 3.05) is 0 Å². The summed E-state index contributed by atoms with van der Waals surface area (Å²) in [7, 11) is 0. The molecule has 2 nitrogen and oxygen atoms in total. The second kappa shape index (κ2) is 4.41. The highest BCUT2D eigenvalue weighted by Crippen LogP contribution is 2.23. The van der Waals surface area contributed by atoms with Crippen LogP contribution in [0.2, 0.25) is 0 Å². The molecule has 0 amide bonds. The van der Waals surface area contributed by atoms with Crippen LogP contribution < -0.4 is 5.73 Å². The first kappa shape index (κ1) is 12.0. The number of hydrogen-bond donors (Lipinski definition) is 1. The minimum absolute atomic E-state index is 0.432. The van der Waals surface area contributed by atoms with Crippen LogP contribution in [0.15, 0.2) is 24.3 Å². The number of nitrogens with two attached hydrogens (primary N) is 1. The van der Waals surface area contributed by atoms with Crippen molar-refractivity contribution in [1.29, 1.82) is 0 Å². The van der Waals surface area contributed by atoms with E-state index in [-0.39, 0.29) is 0 Å². The molecular weight excluding hydrogens is 228 g/mol. The standard InChI is InChI=1S/C14H16N2S/c1-8(2)10-4-5-13-11(7-10)12(14(15)17)6-9(3)16-13/h4-8H,1-3H3,(H2,15,17). The number of hydrogen-bond acceptors (Lipinski definition) is 2. The molecule has 2 rings (SSSR count). The lowest BCUT2D eigenvalue weighted by Gasteiger charge is -2.10. The average Bonchev–Trinajstić information content (AvgIpc) is 2.26. The molecule has 0 aliphatic heterocycles. The smallest absolute Gasteiger partial charge is 0.104 e. The number of benzene rings is 1. The zero-order valence-corrected chi connectivity index (χ0v) is 11.1. The first-order valence-corrected chi connectivity index (χ1v) is 6.11. The van der Waals surface area contributed by atoms with Gasteiger partial charge in [-0.15, -0.1) is 0 Å². The van der Waals surface area contributed by atoms with E-state index in [4.69, 9.17) is 18.0 Å². The summed E-state index contributed by atoms with van der Waals surface area (Å²) in [6, 6.07) is 8.25. The minimum Gasteiger partial charge on any atom is -0.389 e. The molecule has 0 saturated carbocycles. The van der Waals surface area contributed by atoms with Crippen LogP contribution in [0.1, 0.15) is 36.6 Å². The molecule has 0 atom stereocenters. The van der Waals surface area contributed by atoms with Crippen molar-refractivity contribution < 1.29 is 0 Å². The zero-order chi connectivity index (χ0) is 12.6. The van der Waals surface area contributed by atoms with Crippen molar-refractivity contribution in [3.05, 3.63) is 41.1 Å². The second-order valence-electron chi connectivity index (χ2n) is 4.61. The van der Waals surface area contributed by atoms with Gasteiger partial charge in [-0.05, 0) is 36.6 Å². The van der Waals surface area contributed by atoms with E-state index >= 15 is 0 Å². The molecule has 0 aliphatic rings. The molecule has 88 valence electrons. The highest BCUT2D eigenvalue weighted by Gasteiger charge is 2.08. The molecule has 2 aromatic rings. The highest BCUT2D eigenvalue weighted by atomic mass is 32.1. The summed E-state index contributed by atoms with van der Waals surface area (Å²) >= 11 is 5.11. The Balaban J connectivity index is 2.78. The molecule has 3 heteroatoms. The van der Waals surface area contributed by atoms with Crippen LogP contribution in [-0.2, 0) is 0 Å². The van der Waals surface area contributed by atoms with Gasteiger partial charge in [-0.2, -0.15) is 0 Å².